The van der Waals surface area contributed by atoms with E-state index in [-0.39, 0.29) is 35.5 Å². The summed E-state index contributed by atoms with van der Waals surface area (Å²) in [5.41, 5.74) is 1.76. The summed E-state index contributed by atoms with van der Waals surface area (Å²) in [4.78, 5) is 37.5. The molecule has 4 aliphatic rings. The van der Waals surface area contributed by atoms with Gasteiger partial charge in [0, 0.05) is 58.5 Å². The zero-order valence-corrected chi connectivity index (χ0v) is 25.9. The Labute approximate surface area is 258 Å². The number of rotatable bonds is 1. The highest BCUT2D eigenvalue weighted by Gasteiger charge is 2.43. The van der Waals surface area contributed by atoms with Gasteiger partial charge < -0.3 is 10.6 Å². The Morgan fingerprint density at radius 2 is 1.77 bits per heavy atom. The first-order valence-corrected chi connectivity index (χ1v) is 17.2. The molecule has 2 fully saturated rings. The van der Waals surface area contributed by atoms with Crippen LogP contribution in [0.15, 0.2) is 41.5 Å². The highest BCUT2D eigenvalue weighted by molar-refractivity contribution is 7.85. The largest absolute Gasteiger partial charge is 0.363 e. The van der Waals surface area contributed by atoms with Crippen molar-refractivity contribution in [3.8, 4) is 0 Å². The highest BCUT2D eigenvalue weighted by atomic mass is 32.2. The molecule has 12 heteroatoms. The Balaban J connectivity index is 1.39. The van der Waals surface area contributed by atoms with Crippen LogP contribution in [0.4, 0.5) is 14.6 Å². The lowest BCUT2D eigenvalue weighted by Gasteiger charge is -2.36. The molecule has 1 amide bonds. The summed E-state index contributed by atoms with van der Waals surface area (Å²) in [6.07, 6.45) is 4.73. The van der Waals surface area contributed by atoms with E-state index in [1.54, 1.807) is 16.7 Å². The van der Waals surface area contributed by atoms with Crippen molar-refractivity contribution in [2.45, 2.75) is 69.9 Å². The molecule has 4 aliphatic heterocycles. The highest BCUT2D eigenvalue weighted by Crippen LogP contribution is 2.42. The number of pyridine rings is 1. The molecule has 1 atom stereocenters. The summed E-state index contributed by atoms with van der Waals surface area (Å²) >= 11 is 0. The normalized spacial score (nSPS) is 28.2. The summed E-state index contributed by atoms with van der Waals surface area (Å²) in [7, 11) is -0.863. The van der Waals surface area contributed by atoms with Crippen LogP contribution in [-0.2, 0) is 28.1 Å². The fourth-order valence-corrected chi connectivity index (χ4v) is 8.10. The second-order valence-corrected chi connectivity index (χ2v) is 14.1. The number of fused-ring (bicyclic) bond motifs is 9. The van der Waals surface area contributed by atoms with Crippen molar-refractivity contribution in [3.63, 3.8) is 0 Å². The van der Waals surface area contributed by atoms with Gasteiger partial charge in [0.05, 0.1) is 11.9 Å². The first-order chi connectivity index (χ1) is 21.2. The van der Waals surface area contributed by atoms with E-state index in [0.717, 1.165) is 0 Å². The number of halogens is 2. The number of nitrogens with one attached hydrogen (secondary N) is 2. The molecule has 0 spiro atoms. The molecule has 6 heterocycles. The minimum atomic E-state index is -3.00. The Bertz CT molecular complexity index is 1600. The van der Waals surface area contributed by atoms with Crippen molar-refractivity contribution in [1.29, 1.82) is 0 Å². The summed E-state index contributed by atoms with van der Waals surface area (Å²) < 4.78 is 45.4. The number of anilines is 1. The molecule has 0 saturated carbocycles. The number of hydrogen-bond acceptors (Lipinski definition) is 7. The third kappa shape index (κ3) is 6.42. The van der Waals surface area contributed by atoms with Gasteiger partial charge in [-0.2, -0.15) is 0 Å². The van der Waals surface area contributed by atoms with Crippen LogP contribution in [0.2, 0.25) is 0 Å². The number of alkyl halides is 2. The second-order valence-electron chi connectivity index (χ2n) is 12.4. The maximum Gasteiger partial charge on any atom is 0.276 e. The van der Waals surface area contributed by atoms with E-state index in [1.807, 2.05) is 24.0 Å². The summed E-state index contributed by atoms with van der Waals surface area (Å²) in [5, 5.41) is 7.06. The first kappa shape index (κ1) is 30.8. The smallest absolute Gasteiger partial charge is 0.276 e. The number of aromatic nitrogens is 3. The van der Waals surface area contributed by atoms with E-state index >= 15 is 8.78 Å². The predicted octanol–water partition coefficient (Wildman–Crippen LogP) is 4.30. The van der Waals surface area contributed by atoms with Gasteiger partial charge in [0.2, 0.25) is 5.91 Å². The average molecular weight is 627 g/mol. The number of benzene rings is 1. The Kier molecular flexibility index (Phi) is 9.09. The number of piperidine rings is 1. The predicted molar refractivity (Wildman–Crippen MR) is 167 cm³/mol. The number of carbonyl (C=O) groups is 1. The minimum absolute atomic E-state index is 0.0101. The molecular weight excluding hydrogens is 586 g/mol. The van der Waals surface area contributed by atoms with Crippen LogP contribution in [0.3, 0.4) is 0 Å². The van der Waals surface area contributed by atoms with Crippen LogP contribution in [-0.4, -0.2) is 67.2 Å². The third-order valence-electron chi connectivity index (χ3n) is 9.46. The van der Waals surface area contributed by atoms with Gasteiger partial charge in [-0.15, -0.1) is 0 Å². The maximum atomic E-state index is 15.8. The van der Waals surface area contributed by atoms with Crippen molar-refractivity contribution in [3.05, 3.63) is 63.7 Å². The first-order valence-electron chi connectivity index (χ1n) is 15.7. The van der Waals surface area contributed by atoms with Crippen molar-refractivity contribution >= 4 is 33.6 Å². The Hall–Kier alpha value is -3.25. The lowest BCUT2D eigenvalue weighted by molar-refractivity contribution is -0.123. The molecular formula is C32H40F2N6O3S. The molecule has 2 N–H and O–H groups in total. The van der Waals surface area contributed by atoms with Crippen molar-refractivity contribution in [2.75, 3.05) is 43.0 Å². The van der Waals surface area contributed by atoms with E-state index in [2.05, 4.69) is 20.6 Å². The van der Waals surface area contributed by atoms with Gasteiger partial charge in [-0.3, -0.25) is 23.3 Å². The molecule has 0 unspecified atom stereocenters. The zero-order chi connectivity index (χ0) is 30.8. The monoisotopic (exact) mass is 626 g/mol. The molecule has 1 aromatic carbocycles. The van der Waals surface area contributed by atoms with Gasteiger partial charge in [0.1, 0.15) is 17.8 Å². The van der Waals surface area contributed by atoms with Gasteiger partial charge in [-0.05, 0) is 82.2 Å². The summed E-state index contributed by atoms with van der Waals surface area (Å²) in [6, 6.07) is 8.10. The summed E-state index contributed by atoms with van der Waals surface area (Å²) in [6.45, 7) is 3.89. The third-order valence-corrected chi connectivity index (χ3v) is 10.8. The molecule has 8 bridgehead atoms. The Morgan fingerprint density at radius 3 is 2.55 bits per heavy atom. The number of amides is 1. The molecule has 2 saturated heterocycles. The van der Waals surface area contributed by atoms with E-state index in [0.29, 0.717) is 104 Å². The zero-order valence-electron chi connectivity index (χ0n) is 25.1. The summed E-state index contributed by atoms with van der Waals surface area (Å²) in [5.74, 6) is -2.28. The van der Waals surface area contributed by atoms with Gasteiger partial charge in [-0.1, -0.05) is 18.2 Å². The topological polar surface area (TPSA) is 109 Å². The van der Waals surface area contributed by atoms with E-state index in [4.69, 9.17) is 0 Å². The molecule has 0 aliphatic carbocycles. The maximum absolute atomic E-state index is 15.8. The van der Waals surface area contributed by atoms with Gasteiger partial charge in [0.15, 0.2) is 0 Å². The quantitative estimate of drug-likeness (QED) is 0.415. The number of aryl methyl sites for hydroxylation is 1. The SMILES string of the molecule is C[C@H]1Nc2ncnc3c2cc(C2CCS(=O)CC2)c(=O)n3CCCCNC(=O)CN2CCC(CC2)C(F)(F)c2cccc1c2. The van der Waals surface area contributed by atoms with E-state index in [9.17, 15) is 13.8 Å². The standard InChI is InChI=1S/C32H40F2N6O3S/c1-21-23-5-4-6-25(17-23)32(33,34)24-7-13-39(14-8-24)19-28(41)35-11-2-3-12-40-30-27(29(38-21)36-20-37-30)18-26(31(40)42)22-9-15-44(43)16-10-22/h4-6,17-18,20-22,24H,2-3,7-16,19H2,1H3,(H,35,41)(H,36,37,38)/t21-,22?,44?/m1/s1. The van der Waals surface area contributed by atoms with Gasteiger partial charge >= 0.3 is 0 Å². The van der Waals surface area contributed by atoms with Crippen LogP contribution in [0.5, 0.6) is 0 Å². The number of hydrogen-bond donors (Lipinski definition) is 2. The fraction of sp³-hybridized carbons (Fsp3) is 0.562. The molecule has 2 aromatic heterocycles. The molecule has 3 aromatic rings. The molecule has 0 radical (unpaired) electrons. The van der Waals surface area contributed by atoms with Crippen molar-refractivity contribution in [2.24, 2.45) is 5.92 Å². The fourth-order valence-electron chi connectivity index (χ4n) is 6.80. The number of nitrogens with zero attached hydrogens (tertiary/aromatic N) is 4. The minimum Gasteiger partial charge on any atom is -0.363 e. The molecule has 236 valence electrons. The van der Waals surface area contributed by atoms with Crippen LogP contribution in [0, 0.1) is 5.92 Å². The number of carbonyl (C=O) groups excluding carboxylic acids is 1. The second kappa shape index (κ2) is 13.0. The Morgan fingerprint density at radius 1 is 1.00 bits per heavy atom. The van der Waals surface area contributed by atoms with Crippen LogP contribution in [0.1, 0.15) is 74.1 Å². The molecule has 9 nitrogen and oxygen atoms in total. The average Bonchev–Trinajstić information content (AvgIpc) is 3.02. The lowest BCUT2D eigenvalue weighted by Crippen LogP contribution is -2.44. The van der Waals surface area contributed by atoms with Crippen LogP contribution >= 0.6 is 0 Å². The van der Waals surface area contributed by atoms with Crippen LogP contribution < -0.4 is 16.2 Å². The van der Waals surface area contributed by atoms with E-state index < -0.39 is 22.6 Å². The molecule has 7 rings (SSSR count). The van der Waals surface area contributed by atoms with Crippen molar-refractivity contribution < 1.29 is 17.8 Å². The van der Waals surface area contributed by atoms with Gasteiger partial charge in [0.25, 0.3) is 11.5 Å². The van der Waals surface area contributed by atoms with E-state index in [1.165, 1.54) is 12.4 Å². The lowest BCUT2D eigenvalue weighted by atomic mass is 9.85. The molecule has 44 heavy (non-hydrogen) atoms. The van der Waals surface area contributed by atoms with Gasteiger partial charge in [-0.25, -0.2) is 18.7 Å². The van der Waals surface area contributed by atoms with Crippen LogP contribution in [0.25, 0.3) is 11.0 Å². The van der Waals surface area contributed by atoms with Crippen molar-refractivity contribution in [1.82, 2.24) is 24.8 Å².